The molecule has 2 aromatic carbocycles. The zero-order chi connectivity index (χ0) is 15.2. The number of benzene rings is 2. The lowest BCUT2D eigenvalue weighted by Crippen LogP contribution is -2.02. The van der Waals surface area contributed by atoms with E-state index < -0.39 is 11.6 Å². The van der Waals surface area contributed by atoms with E-state index in [2.05, 4.69) is 11.8 Å². The Morgan fingerprint density at radius 1 is 1.14 bits per heavy atom. The quantitative estimate of drug-likeness (QED) is 0.601. The van der Waals surface area contributed by atoms with Crippen LogP contribution in [0.15, 0.2) is 36.4 Å². The molecule has 0 spiro atoms. The highest BCUT2D eigenvalue weighted by molar-refractivity contribution is 6.19. The summed E-state index contributed by atoms with van der Waals surface area (Å²) < 4.78 is 32.4. The van der Waals surface area contributed by atoms with Crippen molar-refractivity contribution in [2.45, 2.75) is 13.5 Å². The molecule has 0 N–H and O–H groups in total. The summed E-state index contributed by atoms with van der Waals surface area (Å²) in [6.07, 6.45) is 0. The molecule has 0 radical (unpaired) electrons. The number of hydrogen-bond donors (Lipinski definition) is 0. The maximum atomic E-state index is 13.5. The Balaban J connectivity index is 2.12. The second-order valence-electron chi connectivity index (χ2n) is 4.40. The molecule has 0 aliphatic heterocycles. The first-order valence-electron chi connectivity index (χ1n) is 6.33. The molecule has 0 saturated heterocycles. The van der Waals surface area contributed by atoms with Crippen LogP contribution in [0, 0.1) is 30.4 Å². The monoisotopic (exact) mass is 306 g/mol. The van der Waals surface area contributed by atoms with E-state index in [0.717, 1.165) is 11.1 Å². The smallest absolute Gasteiger partial charge is 0.132 e. The van der Waals surface area contributed by atoms with Gasteiger partial charge in [-0.1, -0.05) is 17.9 Å². The summed E-state index contributed by atoms with van der Waals surface area (Å²) in [6.45, 7) is 1.72. The summed E-state index contributed by atoms with van der Waals surface area (Å²) in [6, 6.07) is 9.02. The predicted molar refractivity (Wildman–Crippen MR) is 79.5 cm³/mol. The van der Waals surface area contributed by atoms with Crippen molar-refractivity contribution >= 4 is 11.6 Å². The van der Waals surface area contributed by atoms with Crippen molar-refractivity contribution in [1.29, 1.82) is 0 Å². The molecule has 0 heterocycles. The first-order chi connectivity index (χ1) is 10.1. The minimum Gasteiger partial charge on any atom is -0.489 e. The summed E-state index contributed by atoms with van der Waals surface area (Å²) in [4.78, 5) is 0. The van der Waals surface area contributed by atoms with Crippen molar-refractivity contribution in [3.8, 4) is 17.6 Å². The van der Waals surface area contributed by atoms with Gasteiger partial charge in [0, 0.05) is 5.56 Å². The highest BCUT2D eigenvalue weighted by Gasteiger charge is 2.09. The van der Waals surface area contributed by atoms with Crippen LogP contribution in [-0.4, -0.2) is 5.88 Å². The molecule has 0 aromatic heterocycles. The molecule has 0 amide bonds. The Kier molecular flexibility index (Phi) is 5.19. The van der Waals surface area contributed by atoms with Gasteiger partial charge in [0.2, 0.25) is 0 Å². The fourth-order valence-corrected chi connectivity index (χ4v) is 1.89. The van der Waals surface area contributed by atoms with E-state index in [9.17, 15) is 8.78 Å². The highest BCUT2D eigenvalue weighted by Crippen LogP contribution is 2.20. The third-order valence-corrected chi connectivity index (χ3v) is 3.07. The summed E-state index contributed by atoms with van der Waals surface area (Å²) in [5.74, 6) is 5.27. The lowest BCUT2D eigenvalue weighted by atomic mass is 10.1. The van der Waals surface area contributed by atoms with Crippen molar-refractivity contribution in [2.24, 2.45) is 0 Å². The third-order valence-electron chi connectivity index (χ3n) is 2.93. The molecule has 0 aliphatic carbocycles. The molecular weight excluding hydrogens is 294 g/mol. The second kappa shape index (κ2) is 7.10. The maximum absolute atomic E-state index is 13.5. The molecule has 1 nitrogen and oxygen atoms in total. The summed E-state index contributed by atoms with van der Waals surface area (Å²) in [5.41, 5.74) is 1.68. The molecule has 0 bridgehead atoms. The van der Waals surface area contributed by atoms with Crippen molar-refractivity contribution in [2.75, 3.05) is 5.88 Å². The van der Waals surface area contributed by atoms with E-state index in [1.807, 2.05) is 6.92 Å². The molecule has 2 rings (SSSR count). The number of ether oxygens (including phenoxy) is 1. The van der Waals surface area contributed by atoms with Crippen LogP contribution < -0.4 is 4.74 Å². The average molecular weight is 307 g/mol. The van der Waals surface area contributed by atoms with Crippen LogP contribution in [0.3, 0.4) is 0 Å². The predicted octanol–water partition coefficient (Wildman–Crippen LogP) is 4.44. The zero-order valence-corrected chi connectivity index (χ0v) is 12.2. The van der Waals surface area contributed by atoms with Gasteiger partial charge >= 0.3 is 0 Å². The van der Waals surface area contributed by atoms with Crippen LogP contribution in [0.5, 0.6) is 5.75 Å². The lowest BCUT2D eigenvalue weighted by Gasteiger charge is -2.09. The topological polar surface area (TPSA) is 9.23 Å². The number of alkyl halides is 1. The zero-order valence-electron chi connectivity index (χ0n) is 11.4. The second-order valence-corrected chi connectivity index (χ2v) is 4.67. The van der Waals surface area contributed by atoms with Crippen LogP contribution in [0.25, 0.3) is 0 Å². The van der Waals surface area contributed by atoms with E-state index in [4.69, 9.17) is 16.3 Å². The SMILES string of the molecule is Cc1cc(OCc2c(F)cccc2F)ccc1C#CCCl. The molecule has 0 fully saturated rings. The Labute approximate surface area is 127 Å². The van der Waals surface area contributed by atoms with Gasteiger partial charge in [-0.2, -0.15) is 0 Å². The van der Waals surface area contributed by atoms with Gasteiger partial charge in [0.15, 0.2) is 0 Å². The molecule has 0 saturated carbocycles. The Morgan fingerprint density at radius 3 is 2.48 bits per heavy atom. The van der Waals surface area contributed by atoms with Gasteiger partial charge in [-0.15, -0.1) is 11.6 Å². The van der Waals surface area contributed by atoms with Crippen LogP contribution in [-0.2, 0) is 6.61 Å². The van der Waals surface area contributed by atoms with Crippen molar-refractivity contribution in [3.63, 3.8) is 0 Å². The number of aryl methyl sites for hydroxylation is 1. The molecule has 0 unspecified atom stereocenters. The van der Waals surface area contributed by atoms with E-state index in [-0.39, 0.29) is 18.1 Å². The lowest BCUT2D eigenvalue weighted by molar-refractivity contribution is 0.292. The van der Waals surface area contributed by atoms with Crippen LogP contribution in [0.4, 0.5) is 8.78 Å². The van der Waals surface area contributed by atoms with Crippen LogP contribution in [0.2, 0.25) is 0 Å². The summed E-state index contributed by atoms with van der Waals surface area (Å²) in [7, 11) is 0. The first kappa shape index (κ1) is 15.3. The summed E-state index contributed by atoms with van der Waals surface area (Å²) >= 11 is 5.51. The number of hydrogen-bond acceptors (Lipinski definition) is 1. The normalized spacial score (nSPS) is 9.90. The molecule has 0 atom stereocenters. The number of halogens is 3. The minimum atomic E-state index is -0.615. The van der Waals surface area contributed by atoms with Gasteiger partial charge in [0.05, 0.1) is 11.4 Å². The van der Waals surface area contributed by atoms with Crippen molar-refractivity contribution in [1.82, 2.24) is 0 Å². The highest BCUT2D eigenvalue weighted by atomic mass is 35.5. The minimum absolute atomic E-state index is 0.0823. The fraction of sp³-hybridized carbons (Fsp3) is 0.176. The largest absolute Gasteiger partial charge is 0.489 e. The standard InChI is InChI=1S/C17H13ClF2O/c1-12-10-14(8-7-13(12)4-3-9-18)21-11-15-16(19)5-2-6-17(15)20/h2,5-8,10H,9,11H2,1H3. The summed E-state index contributed by atoms with van der Waals surface area (Å²) in [5, 5.41) is 0. The average Bonchev–Trinajstić information content (AvgIpc) is 2.46. The van der Waals surface area contributed by atoms with Gasteiger partial charge in [0.25, 0.3) is 0 Å². The van der Waals surface area contributed by atoms with Crippen molar-refractivity contribution in [3.05, 3.63) is 64.7 Å². The molecule has 2 aromatic rings. The molecular formula is C17H13ClF2O. The fourth-order valence-electron chi connectivity index (χ4n) is 1.82. The maximum Gasteiger partial charge on any atom is 0.132 e. The van der Waals surface area contributed by atoms with Crippen LogP contribution in [0.1, 0.15) is 16.7 Å². The molecule has 0 aliphatic rings. The van der Waals surface area contributed by atoms with Gasteiger partial charge < -0.3 is 4.74 Å². The van der Waals surface area contributed by atoms with Crippen molar-refractivity contribution < 1.29 is 13.5 Å². The van der Waals surface area contributed by atoms with E-state index in [0.29, 0.717) is 5.75 Å². The van der Waals surface area contributed by atoms with Gasteiger partial charge in [-0.25, -0.2) is 8.78 Å². The van der Waals surface area contributed by atoms with E-state index >= 15 is 0 Å². The van der Waals surface area contributed by atoms with Gasteiger partial charge in [0.1, 0.15) is 24.0 Å². The van der Waals surface area contributed by atoms with E-state index in [1.54, 1.807) is 18.2 Å². The molecule has 21 heavy (non-hydrogen) atoms. The van der Waals surface area contributed by atoms with E-state index in [1.165, 1.54) is 18.2 Å². The third kappa shape index (κ3) is 3.96. The Bertz CT molecular complexity index is 681. The van der Waals surface area contributed by atoms with Crippen LogP contribution >= 0.6 is 11.6 Å². The molecule has 4 heteroatoms. The Morgan fingerprint density at radius 2 is 1.86 bits per heavy atom. The molecule has 108 valence electrons. The number of rotatable bonds is 3. The van der Waals surface area contributed by atoms with Gasteiger partial charge in [-0.3, -0.25) is 0 Å². The first-order valence-corrected chi connectivity index (χ1v) is 6.86. The Hall–Kier alpha value is -2.05. The van der Waals surface area contributed by atoms with Gasteiger partial charge in [-0.05, 0) is 42.8 Å².